The van der Waals surface area contributed by atoms with Crippen LogP contribution in [0.1, 0.15) is 12.0 Å². The van der Waals surface area contributed by atoms with Crippen molar-refractivity contribution in [3.05, 3.63) is 48.0 Å². The van der Waals surface area contributed by atoms with Gasteiger partial charge in [0.25, 0.3) is 5.91 Å². The number of rotatable bonds is 8. The maximum atomic E-state index is 13.2. The molecule has 1 atom stereocenters. The molecule has 2 aliphatic heterocycles. The summed E-state index contributed by atoms with van der Waals surface area (Å²) in [5.41, 5.74) is 7.67. The van der Waals surface area contributed by atoms with Crippen LogP contribution < -0.4 is 25.0 Å². The Hall–Kier alpha value is -3.79. The number of anilines is 1. The van der Waals surface area contributed by atoms with Crippen LogP contribution in [0.2, 0.25) is 0 Å². The summed E-state index contributed by atoms with van der Waals surface area (Å²) >= 11 is 0. The third-order valence-corrected chi connectivity index (χ3v) is 6.35. The average molecular weight is 482 g/mol. The van der Waals surface area contributed by atoms with Crippen molar-refractivity contribution >= 4 is 23.2 Å². The van der Waals surface area contributed by atoms with Gasteiger partial charge in [0.2, 0.25) is 11.7 Å². The van der Waals surface area contributed by atoms with Crippen LogP contribution in [0, 0.1) is 0 Å². The number of primary amides is 1. The van der Waals surface area contributed by atoms with Crippen molar-refractivity contribution in [1.82, 2.24) is 9.80 Å². The molecule has 2 aliphatic rings. The summed E-state index contributed by atoms with van der Waals surface area (Å²) in [6.07, 6.45) is 0.201. The molecule has 35 heavy (non-hydrogen) atoms. The highest BCUT2D eigenvalue weighted by Crippen LogP contribution is 2.40. The Kier molecular flexibility index (Phi) is 7.40. The van der Waals surface area contributed by atoms with Crippen molar-refractivity contribution in [3.8, 4) is 17.2 Å². The SMILES string of the molecule is COc1ccc(CN2CCN(C(=O)C3=NN(c4ccccc4)C(C(N)=O)C3)CC2)c(OC)c1OC. The number of nitrogens with zero attached hydrogens (tertiary/aromatic N) is 4. The van der Waals surface area contributed by atoms with E-state index in [1.54, 1.807) is 31.2 Å². The van der Waals surface area contributed by atoms with Crippen molar-refractivity contribution in [1.29, 1.82) is 0 Å². The number of carbonyl (C=O) groups excluding carboxylic acids is 2. The van der Waals surface area contributed by atoms with Gasteiger partial charge in [-0.1, -0.05) is 24.3 Å². The molecular weight excluding hydrogens is 450 g/mol. The Labute approximate surface area is 204 Å². The van der Waals surface area contributed by atoms with Gasteiger partial charge in [0, 0.05) is 44.7 Å². The number of hydrazone groups is 1. The van der Waals surface area contributed by atoms with E-state index in [0.717, 1.165) is 11.3 Å². The summed E-state index contributed by atoms with van der Waals surface area (Å²) in [7, 11) is 4.78. The highest BCUT2D eigenvalue weighted by atomic mass is 16.5. The molecule has 0 aromatic heterocycles. The molecule has 2 aromatic carbocycles. The van der Waals surface area contributed by atoms with Gasteiger partial charge in [0.1, 0.15) is 11.8 Å². The molecular formula is C25H31N5O5. The number of piperazine rings is 1. The van der Waals surface area contributed by atoms with Crippen LogP contribution in [-0.4, -0.2) is 80.9 Å². The van der Waals surface area contributed by atoms with E-state index in [1.807, 2.05) is 42.5 Å². The fraction of sp³-hybridized carbons (Fsp3) is 0.400. The van der Waals surface area contributed by atoms with Gasteiger partial charge in [-0.3, -0.25) is 19.5 Å². The van der Waals surface area contributed by atoms with Gasteiger partial charge in [-0.05, 0) is 18.2 Å². The van der Waals surface area contributed by atoms with Crippen LogP contribution in [0.4, 0.5) is 5.69 Å². The van der Waals surface area contributed by atoms with Crippen molar-refractivity contribution in [3.63, 3.8) is 0 Å². The Morgan fingerprint density at radius 1 is 0.943 bits per heavy atom. The lowest BCUT2D eigenvalue weighted by Gasteiger charge is -2.35. The smallest absolute Gasteiger partial charge is 0.270 e. The molecule has 0 aliphatic carbocycles. The number of methoxy groups -OCH3 is 3. The molecule has 1 saturated heterocycles. The lowest BCUT2D eigenvalue weighted by Crippen LogP contribution is -2.50. The first-order valence-electron chi connectivity index (χ1n) is 11.5. The quantitative estimate of drug-likeness (QED) is 0.608. The topological polar surface area (TPSA) is 110 Å². The zero-order chi connectivity index (χ0) is 24.9. The van der Waals surface area contributed by atoms with E-state index in [4.69, 9.17) is 19.9 Å². The lowest BCUT2D eigenvalue weighted by atomic mass is 10.1. The van der Waals surface area contributed by atoms with Gasteiger partial charge < -0.3 is 24.8 Å². The average Bonchev–Trinajstić information content (AvgIpc) is 3.35. The second-order valence-corrected chi connectivity index (χ2v) is 8.41. The molecule has 0 saturated carbocycles. The Morgan fingerprint density at radius 3 is 2.23 bits per heavy atom. The van der Waals surface area contributed by atoms with E-state index >= 15 is 0 Å². The molecule has 186 valence electrons. The normalized spacial score (nSPS) is 18.3. The highest BCUT2D eigenvalue weighted by molar-refractivity contribution is 6.40. The molecule has 0 spiro atoms. The number of hydrogen-bond acceptors (Lipinski definition) is 8. The van der Waals surface area contributed by atoms with Gasteiger partial charge in [-0.25, -0.2) is 0 Å². The van der Waals surface area contributed by atoms with Crippen LogP contribution in [0.25, 0.3) is 0 Å². The minimum atomic E-state index is -0.671. The molecule has 2 aromatic rings. The van der Waals surface area contributed by atoms with Gasteiger partial charge in [-0.15, -0.1) is 0 Å². The zero-order valence-corrected chi connectivity index (χ0v) is 20.3. The van der Waals surface area contributed by atoms with E-state index in [0.29, 0.717) is 55.7 Å². The number of hydrogen-bond donors (Lipinski definition) is 1. The fourth-order valence-electron chi connectivity index (χ4n) is 4.50. The number of nitrogens with two attached hydrogens (primary N) is 1. The van der Waals surface area contributed by atoms with E-state index in [2.05, 4.69) is 10.0 Å². The molecule has 1 unspecified atom stereocenters. The summed E-state index contributed by atoms with van der Waals surface area (Å²) < 4.78 is 16.5. The first-order chi connectivity index (χ1) is 17.0. The van der Waals surface area contributed by atoms with Crippen LogP contribution in [0.3, 0.4) is 0 Å². The minimum absolute atomic E-state index is 0.155. The number of benzene rings is 2. The fourth-order valence-corrected chi connectivity index (χ4v) is 4.50. The third kappa shape index (κ3) is 5.02. The van der Waals surface area contributed by atoms with Crippen molar-refractivity contribution in [2.24, 2.45) is 10.8 Å². The summed E-state index contributed by atoms with van der Waals surface area (Å²) in [6.45, 7) is 3.15. The molecule has 2 amide bonds. The second kappa shape index (κ2) is 10.6. The van der Waals surface area contributed by atoms with E-state index in [-0.39, 0.29) is 12.3 Å². The monoisotopic (exact) mass is 481 g/mol. The van der Waals surface area contributed by atoms with Crippen molar-refractivity contribution < 1.29 is 23.8 Å². The van der Waals surface area contributed by atoms with Crippen molar-refractivity contribution in [2.45, 2.75) is 19.0 Å². The highest BCUT2D eigenvalue weighted by Gasteiger charge is 2.37. The molecule has 10 heteroatoms. The predicted molar refractivity (Wildman–Crippen MR) is 132 cm³/mol. The Morgan fingerprint density at radius 2 is 1.63 bits per heavy atom. The summed E-state index contributed by atoms with van der Waals surface area (Å²) in [6, 6.07) is 12.4. The van der Waals surface area contributed by atoms with Crippen LogP contribution in [-0.2, 0) is 16.1 Å². The third-order valence-electron chi connectivity index (χ3n) is 6.35. The summed E-state index contributed by atoms with van der Waals surface area (Å²) in [4.78, 5) is 29.3. The molecule has 0 bridgehead atoms. The molecule has 0 radical (unpaired) electrons. The molecule has 1 fully saturated rings. The standard InChI is InChI=1S/C25H31N5O5/c1-33-21-10-9-17(22(34-2)23(21)35-3)16-28-11-13-29(14-12-28)25(32)19-15-20(24(26)31)30(27-19)18-7-5-4-6-8-18/h4-10,20H,11-16H2,1-3H3,(H2,26,31). The Bertz CT molecular complexity index is 1100. The lowest BCUT2D eigenvalue weighted by molar-refractivity contribution is -0.125. The minimum Gasteiger partial charge on any atom is -0.493 e. The zero-order valence-electron chi connectivity index (χ0n) is 20.3. The van der Waals surface area contributed by atoms with Gasteiger partial charge in [0.05, 0.1) is 27.0 Å². The molecule has 10 nitrogen and oxygen atoms in total. The maximum absolute atomic E-state index is 13.2. The largest absolute Gasteiger partial charge is 0.493 e. The van der Waals surface area contributed by atoms with Gasteiger partial charge >= 0.3 is 0 Å². The second-order valence-electron chi connectivity index (χ2n) is 8.41. The van der Waals surface area contributed by atoms with Crippen molar-refractivity contribution in [2.75, 3.05) is 52.5 Å². The number of carbonyl (C=O) groups is 2. The molecule has 2 heterocycles. The molecule has 4 rings (SSSR count). The summed E-state index contributed by atoms with van der Waals surface area (Å²) in [5, 5.41) is 6.03. The number of amides is 2. The van der Waals surface area contributed by atoms with Gasteiger partial charge in [0.15, 0.2) is 11.5 Å². The van der Waals surface area contributed by atoms with E-state index < -0.39 is 11.9 Å². The summed E-state index contributed by atoms with van der Waals surface area (Å²) in [5.74, 6) is 1.16. The first-order valence-corrected chi connectivity index (χ1v) is 11.5. The van der Waals surface area contributed by atoms with E-state index in [9.17, 15) is 9.59 Å². The van der Waals surface area contributed by atoms with Crippen LogP contribution in [0.5, 0.6) is 17.2 Å². The number of para-hydroxylation sites is 1. The van der Waals surface area contributed by atoms with Gasteiger partial charge in [-0.2, -0.15) is 5.10 Å². The Balaban J connectivity index is 1.41. The van der Waals surface area contributed by atoms with Crippen LogP contribution >= 0.6 is 0 Å². The first kappa shape index (κ1) is 24.3. The van der Waals surface area contributed by atoms with Crippen LogP contribution in [0.15, 0.2) is 47.6 Å². The predicted octanol–water partition coefficient (Wildman–Crippen LogP) is 1.48. The number of ether oxygens (including phenoxy) is 3. The molecule has 2 N–H and O–H groups in total. The van der Waals surface area contributed by atoms with E-state index in [1.165, 1.54) is 0 Å². The maximum Gasteiger partial charge on any atom is 0.270 e.